The molecular formula is C18H25N3O5S2. The number of sulfone groups is 1. The van der Waals surface area contributed by atoms with Gasteiger partial charge < -0.3 is 21.5 Å². The summed E-state index contributed by atoms with van der Waals surface area (Å²) in [6, 6.07) is 11.6. The molecule has 0 fully saturated rings. The molecule has 154 valence electrons. The van der Waals surface area contributed by atoms with E-state index in [-0.39, 0.29) is 12.1 Å². The van der Waals surface area contributed by atoms with Crippen LogP contribution in [0.3, 0.4) is 0 Å². The third-order valence-electron chi connectivity index (χ3n) is 3.27. The van der Waals surface area contributed by atoms with Crippen molar-refractivity contribution in [3.63, 3.8) is 0 Å². The molecule has 0 aliphatic heterocycles. The zero-order valence-corrected chi connectivity index (χ0v) is 17.2. The van der Waals surface area contributed by atoms with Crippen molar-refractivity contribution in [1.29, 1.82) is 0 Å². The first-order valence-corrected chi connectivity index (χ1v) is 10.4. The Labute approximate surface area is 171 Å². The van der Waals surface area contributed by atoms with Crippen molar-refractivity contribution in [2.45, 2.75) is 9.79 Å². The van der Waals surface area contributed by atoms with Gasteiger partial charge in [-0.25, -0.2) is 8.42 Å². The van der Waals surface area contributed by atoms with Gasteiger partial charge in [0, 0.05) is 18.6 Å². The number of ether oxygens (including phenoxy) is 1. The maximum Gasteiger partial charge on any atom is 0.179 e. The van der Waals surface area contributed by atoms with Gasteiger partial charge in [-0.2, -0.15) is 0 Å². The number of rotatable bonds is 8. The van der Waals surface area contributed by atoms with Crippen molar-refractivity contribution < 1.29 is 23.8 Å². The maximum atomic E-state index is 11.8. The Kier molecular flexibility index (Phi) is 10.0. The normalized spacial score (nSPS) is 10.3. The second kappa shape index (κ2) is 12.0. The fourth-order valence-corrected chi connectivity index (χ4v) is 3.55. The Morgan fingerprint density at radius 1 is 1.21 bits per heavy atom. The molecular weight excluding hydrogens is 402 g/mol. The third-order valence-corrected chi connectivity index (χ3v) is 5.59. The SMILES string of the molecule is C#COOSc1ccc(N)cc1.CNCCS(=O)(=O)c1ccc(OC)c(N)c1.[HH]. The van der Waals surface area contributed by atoms with E-state index in [9.17, 15) is 8.42 Å². The second-order valence-corrected chi connectivity index (χ2v) is 8.13. The highest BCUT2D eigenvalue weighted by Crippen LogP contribution is 2.24. The fourth-order valence-electron chi connectivity index (χ4n) is 1.86. The first-order valence-electron chi connectivity index (χ1n) is 7.96. The molecule has 0 aliphatic carbocycles. The van der Waals surface area contributed by atoms with Gasteiger partial charge in [0.2, 0.25) is 0 Å². The van der Waals surface area contributed by atoms with Crippen LogP contribution in [0.15, 0.2) is 52.3 Å². The molecule has 2 aromatic rings. The molecule has 2 aromatic carbocycles. The molecule has 0 unspecified atom stereocenters. The van der Waals surface area contributed by atoms with Gasteiger partial charge in [-0.05, 0) is 49.5 Å². The molecule has 0 spiro atoms. The van der Waals surface area contributed by atoms with Crippen molar-refractivity contribution >= 4 is 33.3 Å². The number of benzene rings is 2. The highest BCUT2D eigenvalue weighted by molar-refractivity contribution is 7.94. The summed E-state index contributed by atoms with van der Waals surface area (Å²) in [5.41, 5.74) is 12.2. The quantitative estimate of drug-likeness (QED) is 0.145. The van der Waals surface area contributed by atoms with Crippen LogP contribution in [0.2, 0.25) is 0 Å². The van der Waals surface area contributed by atoms with Crippen LogP contribution in [0.25, 0.3) is 0 Å². The number of nitrogens with one attached hydrogen (secondary N) is 1. The number of nitrogens with two attached hydrogens (primary N) is 2. The minimum atomic E-state index is -3.27. The molecule has 0 saturated carbocycles. The van der Waals surface area contributed by atoms with E-state index in [2.05, 4.69) is 14.5 Å². The van der Waals surface area contributed by atoms with Crippen LogP contribution in [0.1, 0.15) is 1.43 Å². The first-order chi connectivity index (χ1) is 13.3. The maximum absolute atomic E-state index is 11.8. The van der Waals surface area contributed by atoms with Crippen LogP contribution in [0, 0.1) is 12.5 Å². The summed E-state index contributed by atoms with van der Waals surface area (Å²) in [7, 11) is -0.0747. The molecule has 0 radical (unpaired) electrons. The second-order valence-electron chi connectivity index (χ2n) is 5.25. The Bertz CT molecular complexity index is 887. The van der Waals surface area contributed by atoms with Crippen LogP contribution in [0.4, 0.5) is 11.4 Å². The van der Waals surface area contributed by atoms with E-state index in [0.717, 1.165) is 16.9 Å². The van der Waals surface area contributed by atoms with E-state index in [1.807, 2.05) is 6.11 Å². The van der Waals surface area contributed by atoms with Crippen LogP contribution in [-0.4, -0.2) is 34.9 Å². The lowest BCUT2D eigenvalue weighted by molar-refractivity contribution is -0.113. The summed E-state index contributed by atoms with van der Waals surface area (Å²) in [5, 5.41) is 2.80. The number of anilines is 2. The van der Waals surface area contributed by atoms with Gasteiger partial charge in [0.1, 0.15) is 5.75 Å². The molecule has 5 N–H and O–H groups in total. The third kappa shape index (κ3) is 7.98. The molecule has 0 amide bonds. The molecule has 2 rings (SSSR count). The van der Waals surface area contributed by atoms with Gasteiger partial charge in [-0.3, -0.25) is 4.89 Å². The standard InChI is InChI=1S/C10H16N2O3S.C8H7NO2S.H2/c1-12-5-6-16(13,14)8-3-4-10(15-2)9(11)7-8;1-2-10-11-12-8-5-3-7(9)4-6-8;/h3-4,7,12H,5-6,11H2,1-2H3;1,3-6H,9H2;1H. The molecule has 0 aromatic heterocycles. The molecule has 0 saturated heterocycles. The van der Waals surface area contributed by atoms with Crippen LogP contribution in [-0.2, 0) is 19.1 Å². The number of nitrogen functional groups attached to an aromatic ring is 2. The van der Waals surface area contributed by atoms with Crippen molar-refractivity contribution in [2.24, 2.45) is 0 Å². The summed E-state index contributed by atoms with van der Waals surface area (Å²) in [6.07, 6.45) is 6.67. The Hall–Kier alpha value is -2.58. The fraction of sp³-hybridized carbons (Fsp3) is 0.222. The van der Waals surface area contributed by atoms with Crippen molar-refractivity contribution in [1.82, 2.24) is 5.32 Å². The molecule has 0 heterocycles. The van der Waals surface area contributed by atoms with E-state index in [0.29, 0.717) is 23.7 Å². The smallest absolute Gasteiger partial charge is 0.179 e. The molecule has 0 bridgehead atoms. The number of hydrogen-bond acceptors (Lipinski definition) is 9. The molecule has 10 heteroatoms. The van der Waals surface area contributed by atoms with E-state index in [1.54, 1.807) is 37.4 Å². The lowest BCUT2D eigenvalue weighted by Crippen LogP contribution is -2.19. The monoisotopic (exact) mass is 427 g/mol. The lowest BCUT2D eigenvalue weighted by atomic mass is 10.3. The average molecular weight is 428 g/mol. The largest absolute Gasteiger partial charge is 0.495 e. The zero-order valence-electron chi connectivity index (χ0n) is 15.5. The highest BCUT2D eigenvalue weighted by atomic mass is 32.2. The first kappa shape index (κ1) is 23.5. The number of terminal acetylenes is 1. The van der Waals surface area contributed by atoms with Crippen LogP contribution >= 0.6 is 12.0 Å². The number of hydrogen-bond donors (Lipinski definition) is 3. The van der Waals surface area contributed by atoms with Crippen molar-refractivity contribution in [2.75, 3.05) is 37.9 Å². The molecule has 8 nitrogen and oxygen atoms in total. The number of methoxy groups -OCH3 is 1. The van der Waals surface area contributed by atoms with Crippen LogP contribution < -0.4 is 21.5 Å². The highest BCUT2D eigenvalue weighted by Gasteiger charge is 2.15. The summed E-state index contributed by atoms with van der Waals surface area (Å²) < 4.78 is 33.1. The van der Waals surface area contributed by atoms with Crippen LogP contribution in [0.5, 0.6) is 5.75 Å². The van der Waals surface area contributed by atoms with Crippen molar-refractivity contribution in [3.05, 3.63) is 42.5 Å². The average Bonchev–Trinajstić information content (AvgIpc) is 2.68. The Morgan fingerprint density at radius 2 is 1.89 bits per heavy atom. The minimum absolute atomic E-state index is 0. The molecule has 0 atom stereocenters. The summed E-state index contributed by atoms with van der Waals surface area (Å²) in [5.74, 6) is 0.530. The van der Waals surface area contributed by atoms with Gasteiger partial charge in [0.15, 0.2) is 15.9 Å². The predicted octanol–water partition coefficient (Wildman–Crippen LogP) is 2.33. The van der Waals surface area contributed by atoms with Gasteiger partial charge in [0.25, 0.3) is 0 Å². The Morgan fingerprint density at radius 3 is 2.43 bits per heavy atom. The summed E-state index contributed by atoms with van der Waals surface area (Å²) in [6.45, 7) is 0.411. The topological polar surface area (TPSA) is 126 Å². The minimum Gasteiger partial charge on any atom is -0.495 e. The summed E-state index contributed by atoms with van der Waals surface area (Å²) in [4.78, 5) is 5.32. The van der Waals surface area contributed by atoms with Gasteiger partial charge in [-0.1, -0.05) is 10.8 Å². The van der Waals surface area contributed by atoms with Crippen molar-refractivity contribution in [3.8, 4) is 18.3 Å². The summed E-state index contributed by atoms with van der Waals surface area (Å²) >= 11 is 1.03. The van der Waals surface area contributed by atoms with E-state index in [1.165, 1.54) is 19.2 Å². The van der Waals surface area contributed by atoms with Gasteiger partial charge in [-0.15, -0.1) is 0 Å². The van der Waals surface area contributed by atoms with E-state index in [4.69, 9.17) is 22.6 Å². The predicted molar refractivity (Wildman–Crippen MR) is 113 cm³/mol. The van der Waals surface area contributed by atoms with E-state index < -0.39 is 9.84 Å². The van der Waals surface area contributed by atoms with E-state index >= 15 is 0 Å². The zero-order chi connectivity index (χ0) is 21.0. The Balaban J connectivity index is 0.000000542. The molecule has 0 aliphatic rings. The van der Waals surface area contributed by atoms with Gasteiger partial charge in [0.05, 0.1) is 35.5 Å². The van der Waals surface area contributed by atoms with Gasteiger partial charge >= 0.3 is 0 Å². The lowest BCUT2D eigenvalue weighted by Gasteiger charge is -2.08. The molecule has 28 heavy (non-hydrogen) atoms.